The molecule has 2 N–H and O–H groups in total. The molecule has 0 unspecified atom stereocenters. The molecule has 1 saturated heterocycles. The number of nitrogens with zero attached hydrogens (tertiary/aromatic N) is 2. The van der Waals surface area contributed by atoms with Crippen LogP contribution >= 0.6 is 0 Å². The number of aromatic nitrogens is 2. The molecule has 1 aliphatic heterocycles. The standard InChI is InChI=1S/C10H15N3O4/c14-10(15)9-12-8(17-13-9)3-6-16-7-1-4-11-5-2-7/h7,11H,1-6H2,(H,14,15). The molecule has 0 aromatic carbocycles. The average molecular weight is 241 g/mol. The van der Waals surface area contributed by atoms with E-state index in [1.165, 1.54) is 0 Å². The van der Waals surface area contributed by atoms with Crippen molar-refractivity contribution in [2.75, 3.05) is 19.7 Å². The number of aromatic carboxylic acids is 1. The lowest BCUT2D eigenvalue weighted by Gasteiger charge is -2.22. The molecule has 0 radical (unpaired) electrons. The Balaban J connectivity index is 1.71. The summed E-state index contributed by atoms with van der Waals surface area (Å²) < 4.78 is 10.4. The van der Waals surface area contributed by atoms with Crippen LogP contribution in [0.3, 0.4) is 0 Å². The fourth-order valence-corrected chi connectivity index (χ4v) is 1.72. The second-order valence-electron chi connectivity index (χ2n) is 3.89. The molecule has 94 valence electrons. The predicted octanol–water partition coefficient (Wildman–Crippen LogP) is 0.0789. The average Bonchev–Trinajstić information content (AvgIpc) is 2.79. The van der Waals surface area contributed by atoms with Crippen molar-refractivity contribution >= 4 is 5.97 Å². The second-order valence-corrected chi connectivity index (χ2v) is 3.89. The van der Waals surface area contributed by atoms with Crippen molar-refractivity contribution in [1.29, 1.82) is 0 Å². The van der Waals surface area contributed by atoms with Gasteiger partial charge in [-0.3, -0.25) is 0 Å². The molecule has 17 heavy (non-hydrogen) atoms. The zero-order valence-corrected chi connectivity index (χ0v) is 9.39. The maximum Gasteiger partial charge on any atom is 0.377 e. The fraction of sp³-hybridized carbons (Fsp3) is 0.700. The van der Waals surface area contributed by atoms with Gasteiger partial charge in [0, 0.05) is 0 Å². The van der Waals surface area contributed by atoms with Crippen LogP contribution < -0.4 is 5.32 Å². The van der Waals surface area contributed by atoms with Gasteiger partial charge in [0.2, 0.25) is 5.89 Å². The van der Waals surface area contributed by atoms with Gasteiger partial charge in [0.15, 0.2) is 0 Å². The van der Waals surface area contributed by atoms with E-state index in [-0.39, 0.29) is 11.9 Å². The van der Waals surface area contributed by atoms with Gasteiger partial charge >= 0.3 is 5.97 Å². The third kappa shape index (κ3) is 3.50. The van der Waals surface area contributed by atoms with Crippen LogP contribution in [-0.2, 0) is 11.2 Å². The summed E-state index contributed by atoms with van der Waals surface area (Å²) >= 11 is 0. The number of carboxylic acids is 1. The van der Waals surface area contributed by atoms with Crippen molar-refractivity contribution in [3.05, 3.63) is 11.7 Å². The summed E-state index contributed by atoms with van der Waals surface area (Å²) in [5.41, 5.74) is 0. The van der Waals surface area contributed by atoms with Crippen molar-refractivity contribution in [3.8, 4) is 0 Å². The van der Waals surface area contributed by atoms with Crippen LogP contribution in [0.25, 0.3) is 0 Å². The smallest absolute Gasteiger partial charge is 0.377 e. The Kier molecular flexibility index (Phi) is 4.05. The van der Waals surface area contributed by atoms with Crippen molar-refractivity contribution in [2.45, 2.75) is 25.4 Å². The molecule has 2 heterocycles. The van der Waals surface area contributed by atoms with E-state index >= 15 is 0 Å². The van der Waals surface area contributed by atoms with E-state index in [4.69, 9.17) is 14.4 Å². The molecule has 1 aliphatic rings. The van der Waals surface area contributed by atoms with Gasteiger partial charge in [-0.05, 0) is 31.1 Å². The number of hydrogen-bond acceptors (Lipinski definition) is 6. The Morgan fingerprint density at radius 3 is 2.94 bits per heavy atom. The third-order valence-corrected chi connectivity index (χ3v) is 2.62. The van der Waals surface area contributed by atoms with Gasteiger partial charge in [-0.25, -0.2) is 4.79 Å². The maximum absolute atomic E-state index is 10.5. The van der Waals surface area contributed by atoms with Crippen molar-refractivity contribution in [2.24, 2.45) is 0 Å². The summed E-state index contributed by atoms with van der Waals surface area (Å²) in [6.07, 6.45) is 2.73. The first-order chi connectivity index (χ1) is 8.25. The predicted molar refractivity (Wildman–Crippen MR) is 56.8 cm³/mol. The highest BCUT2D eigenvalue weighted by Crippen LogP contribution is 2.08. The van der Waals surface area contributed by atoms with Gasteiger partial charge in [-0.1, -0.05) is 0 Å². The minimum absolute atomic E-state index is 0.276. The SMILES string of the molecule is O=C(O)c1noc(CCOC2CCNCC2)n1. The van der Waals surface area contributed by atoms with Crippen LogP contribution in [0.4, 0.5) is 0 Å². The summed E-state index contributed by atoms with van der Waals surface area (Å²) in [7, 11) is 0. The zero-order valence-electron chi connectivity index (χ0n) is 9.39. The minimum Gasteiger partial charge on any atom is -0.475 e. The van der Waals surface area contributed by atoms with E-state index in [0.717, 1.165) is 25.9 Å². The molecule has 1 aromatic heterocycles. The molecular formula is C10H15N3O4. The summed E-state index contributed by atoms with van der Waals surface area (Å²) in [6.45, 7) is 2.44. The molecule has 0 saturated carbocycles. The van der Waals surface area contributed by atoms with Crippen LogP contribution in [0.5, 0.6) is 0 Å². The first-order valence-corrected chi connectivity index (χ1v) is 5.64. The quantitative estimate of drug-likeness (QED) is 0.753. The normalized spacial score (nSPS) is 17.2. The summed E-state index contributed by atoms with van der Waals surface area (Å²) in [5, 5.41) is 15.2. The number of ether oxygens (including phenoxy) is 1. The van der Waals surface area contributed by atoms with E-state index in [2.05, 4.69) is 15.5 Å². The van der Waals surface area contributed by atoms with Crippen LogP contribution in [0.15, 0.2) is 4.52 Å². The lowest BCUT2D eigenvalue weighted by molar-refractivity contribution is 0.0322. The van der Waals surface area contributed by atoms with Crippen LogP contribution in [-0.4, -0.2) is 47.0 Å². The second kappa shape index (κ2) is 5.74. The van der Waals surface area contributed by atoms with Gasteiger partial charge in [0.05, 0.1) is 19.1 Å². The maximum atomic E-state index is 10.5. The fourth-order valence-electron chi connectivity index (χ4n) is 1.72. The topological polar surface area (TPSA) is 97.5 Å². The molecule has 1 fully saturated rings. The highest BCUT2D eigenvalue weighted by Gasteiger charge is 2.15. The van der Waals surface area contributed by atoms with E-state index in [9.17, 15) is 4.79 Å². The van der Waals surface area contributed by atoms with Gasteiger partial charge in [0.1, 0.15) is 0 Å². The number of carbonyl (C=O) groups is 1. The first kappa shape index (κ1) is 12.0. The molecule has 1 aromatic rings. The Labute approximate surface area is 98.1 Å². The van der Waals surface area contributed by atoms with E-state index in [1.54, 1.807) is 0 Å². The highest BCUT2D eigenvalue weighted by molar-refractivity contribution is 5.82. The molecule has 0 amide bonds. The van der Waals surface area contributed by atoms with Crippen molar-refractivity contribution < 1.29 is 19.2 Å². The van der Waals surface area contributed by atoms with Crippen molar-refractivity contribution in [3.63, 3.8) is 0 Å². The van der Waals surface area contributed by atoms with E-state index < -0.39 is 5.97 Å². The molecule has 0 aliphatic carbocycles. The molecule has 0 spiro atoms. The van der Waals surface area contributed by atoms with Gasteiger partial charge in [0.25, 0.3) is 5.82 Å². The summed E-state index contributed by atoms with van der Waals surface area (Å²) in [4.78, 5) is 14.2. The summed E-state index contributed by atoms with van der Waals surface area (Å²) in [6, 6.07) is 0. The van der Waals surface area contributed by atoms with Crippen LogP contribution in [0, 0.1) is 0 Å². The Morgan fingerprint density at radius 2 is 2.29 bits per heavy atom. The Hall–Kier alpha value is -1.47. The number of rotatable bonds is 5. The first-order valence-electron chi connectivity index (χ1n) is 5.64. The Morgan fingerprint density at radius 1 is 1.53 bits per heavy atom. The number of hydrogen-bond donors (Lipinski definition) is 2. The molecule has 2 rings (SSSR count). The third-order valence-electron chi connectivity index (χ3n) is 2.62. The summed E-state index contributed by atoms with van der Waals surface area (Å²) in [5.74, 6) is -1.18. The molecule has 0 atom stereocenters. The van der Waals surface area contributed by atoms with Gasteiger partial charge in [-0.15, -0.1) is 0 Å². The van der Waals surface area contributed by atoms with Gasteiger partial charge < -0.3 is 19.7 Å². The van der Waals surface area contributed by atoms with Crippen LogP contribution in [0.1, 0.15) is 29.4 Å². The highest BCUT2D eigenvalue weighted by atomic mass is 16.5. The lowest BCUT2D eigenvalue weighted by Crippen LogP contribution is -2.32. The minimum atomic E-state index is -1.18. The zero-order chi connectivity index (χ0) is 12.1. The van der Waals surface area contributed by atoms with Crippen LogP contribution in [0.2, 0.25) is 0 Å². The molecular weight excluding hydrogens is 226 g/mol. The lowest BCUT2D eigenvalue weighted by atomic mass is 10.1. The molecule has 7 nitrogen and oxygen atoms in total. The largest absolute Gasteiger partial charge is 0.475 e. The van der Waals surface area contributed by atoms with E-state index in [0.29, 0.717) is 18.9 Å². The molecule has 7 heteroatoms. The monoisotopic (exact) mass is 241 g/mol. The Bertz CT molecular complexity index is 373. The number of nitrogens with one attached hydrogen (secondary N) is 1. The number of piperidine rings is 1. The van der Waals surface area contributed by atoms with Gasteiger partial charge in [-0.2, -0.15) is 4.98 Å². The number of carboxylic acid groups (broad SMARTS) is 1. The van der Waals surface area contributed by atoms with E-state index in [1.807, 2.05) is 0 Å². The van der Waals surface area contributed by atoms with Crippen molar-refractivity contribution in [1.82, 2.24) is 15.5 Å². The molecule has 0 bridgehead atoms.